The van der Waals surface area contributed by atoms with E-state index < -0.39 is 4.92 Å². The van der Waals surface area contributed by atoms with Crippen molar-refractivity contribution < 1.29 is 4.92 Å². The number of aromatic amines is 1. The topological polar surface area (TPSA) is 83.8 Å². The molecular formula is C12H14N4O2. The Hall–Kier alpha value is -2.21. The van der Waals surface area contributed by atoms with Crippen molar-refractivity contribution in [3.63, 3.8) is 0 Å². The Kier molecular flexibility index (Phi) is 3.69. The summed E-state index contributed by atoms with van der Waals surface area (Å²) in [6.07, 6.45) is 1.66. The highest BCUT2D eigenvalue weighted by Gasteiger charge is 2.04. The number of hydrogen-bond donors (Lipinski definition) is 2. The molecule has 6 nitrogen and oxygen atoms in total. The summed E-state index contributed by atoms with van der Waals surface area (Å²) in [4.78, 5) is 17.3. The first-order valence-corrected chi connectivity index (χ1v) is 5.59. The molecule has 2 N–H and O–H groups in total. The lowest BCUT2D eigenvalue weighted by molar-refractivity contribution is -0.384. The van der Waals surface area contributed by atoms with Gasteiger partial charge in [0.2, 0.25) is 0 Å². The van der Waals surface area contributed by atoms with Crippen LogP contribution in [-0.2, 0) is 13.1 Å². The summed E-state index contributed by atoms with van der Waals surface area (Å²) in [6.45, 7) is 3.30. The summed E-state index contributed by atoms with van der Waals surface area (Å²) in [7, 11) is 0. The van der Waals surface area contributed by atoms with Crippen LogP contribution in [0, 0.1) is 17.0 Å². The highest BCUT2D eigenvalue weighted by atomic mass is 16.6. The summed E-state index contributed by atoms with van der Waals surface area (Å²) in [5, 5.41) is 13.7. The molecule has 0 amide bonds. The number of nitro groups is 1. The van der Waals surface area contributed by atoms with E-state index in [2.05, 4.69) is 15.3 Å². The fraction of sp³-hybridized carbons (Fsp3) is 0.250. The molecule has 0 unspecified atom stereocenters. The van der Waals surface area contributed by atoms with Gasteiger partial charge in [-0.25, -0.2) is 4.98 Å². The fourth-order valence-electron chi connectivity index (χ4n) is 1.63. The van der Waals surface area contributed by atoms with Gasteiger partial charge >= 0.3 is 0 Å². The van der Waals surface area contributed by atoms with E-state index >= 15 is 0 Å². The number of nitrogens with one attached hydrogen (secondary N) is 2. The maximum absolute atomic E-state index is 10.5. The highest BCUT2D eigenvalue weighted by molar-refractivity contribution is 5.32. The Labute approximate surface area is 104 Å². The third-order valence-electron chi connectivity index (χ3n) is 2.70. The van der Waals surface area contributed by atoms with Crippen LogP contribution in [0.4, 0.5) is 5.69 Å². The third-order valence-corrected chi connectivity index (χ3v) is 2.70. The highest BCUT2D eigenvalue weighted by Crippen LogP contribution is 2.11. The summed E-state index contributed by atoms with van der Waals surface area (Å²) in [5.41, 5.74) is 3.15. The Morgan fingerprint density at radius 2 is 2.06 bits per heavy atom. The monoisotopic (exact) mass is 246 g/mol. The maximum Gasteiger partial charge on any atom is 0.269 e. The third kappa shape index (κ3) is 2.92. The van der Waals surface area contributed by atoms with Crippen LogP contribution in [-0.4, -0.2) is 14.9 Å². The van der Waals surface area contributed by atoms with Gasteiger partial charge in [0, 0.05) is 30.9 Å². The molecule has 2 rings (SSSR count). The molecule has 0 bridgehead atoms. The molecule has 94 valence electrons. The molecular weight excluding hydrogens is 232 g/mol. The molecule has 0 saturated carbocycles. The minimum absolute atomic E-state index is 0.113. The van der Waals surface area contributed by atoms with E-state index in [4.69, 9.17) is 0 Å². The van der Waals surface area contributed by atoms with Crippen LogP contribution in [0.15, 0.2) is 30.6 Å². The molecule has 0 fully saturated rings. The molecule has 0 atom stereocenters. The van der Waals surface area contributed by atoms with Gasteiger partial charge in [-0.1, -0.05) is 12.1 Å². The summed E-state index contributed by atoms with van der Waals surface area (Å²) in [6, 6.07) is 6.53. The predicted molar refractivity (Wildman–Crippen MR) is 67.0 cm³/mol. The molecule has 1 heterocycles. The van der Waals surface area contributed by atoms with Crippen LogP contribution in [0.1, 0.15) is 17.0 Å². The standard InChI is InChI=1S/C12H14N4O2/c1-9-12(15-8-14-9)7-13-6-10-2-4-11(5-3-10)16(17)18/h2-5,8,13H,6-7H2,1H3,(H,14,15). The zero-order valence-corrected chi connectivity index (χ0v) is 10.0. The lowest BCUT2D eigenvalue weighted by Crippen LogP contribution is -2.13. The quantitative estimate of drug-likeness (QED) is 0.623. The number of rotatable bonds is 5. The predicted octanol–water partition coefficient (Wildman–Crippen LogP) is 1.92. The number of H-pyrrole nitrogens is 1. The molecule has 18 heavy (non-hydrogen) atoms. The van der Waals surface area contributed by atoms with Gasteiger partial charge in [0.25, 0.3) is 5.69 Å². The summed E-state index contributed by atoms with van der Waals surface area (Å²) in [5.74, 6) is 0. The van der Waals surface area contributed by atoms with Crippen LogP contribution < -0.4 is 5.32 Å². The van der Waals surface area contributed by atoms with Crippen molar-refractivity contribution in [2.75, 3.05) is 0 Å². The van der Waals surface area contributed by atoms with Crippen LogP contribution in [0.25, 0.3) is 0 Å². The van der Waals surface area contributed by atoms with Crippen LogP contribution in [0.5, 0.6) is 0 Å². The van der Waals surface area contributed by atoms with E-state index in [0.29, 0.717) is 13.1 Å². The normalized spacial score (nSPS) is 10.5. The number of nitrogens with zero attached hydrogens (tertiary/aromatic N) is 2. The van der Waals surface area contributed by atoms with Crippen LogP contribution in [0.2, 0.25) is 0 Å². The zero-order valence-electron chi connectivity index (χ0n) is 10.0. The van der Waals surface area contributed by atoms with E-state index in [9.17, 15) is 10.1 Å². The number of imidazole rings is 1. The summed E-state index contributed by atoms with van der Waals surface area (Å²) >= 11 is 0. The second-order valence-electron chi connectivity index (χ2n) is 4.00. The van der Waals surface area contributed by atoms with Crippen molar-refractivity contribution in [3.05, 3.63) is 57.7 Å². The van der Waals surface area contributed by atoms with E-state index in [-0.39, 0.29) is 5.69 Å². The molecule has 0 aliphatic rings. The van der Waals surface area contributed by atoms with Gasteiger partial charge < -0.3 is 10.3 Å². The van der Waals surface area contributed by atoms with Crippen molar-refractivity contribution in [1.29, 1.82) is 0 Å². The number of hydrogen-bond acceptors (Lipinski definition) is 4. The average Bonchev–Trinajstić information content (AvgIpc) is 2.76. The van der Waals surface area contributed by atoms with Gasteiger partial charge in [-0.3, -0.25) is 10.1 Å². The average molecular weight is 246 g/mol. The number of benzene rings is 1. The first kappa shape index (κ1) is 12.3. The van der Waals surface area contributed by atoms with Gasteiger partial charge in [-0.05, 0) is 12.5 Å². The lowest BCUT2D eigenvalue weighted by atomic mass is 10.2. The van der Waals surface area contributed by atoms with Gasteiger partial charge in [0.05, 0.1) is 16.9 Å². The van der Waals surface area contributed by atoms with Crippen molar-refractivity contribution in [1.82, 2.24) is 15.3 Å². The molecule has 6 heteroatoms. The van der Waals surface area contributed by atoms with E-state index in [0.717, 1.165) is 17.0 Å². The van der Waals surface area contributed by atoms with Gasteiger partial charge in [-0.2, -0.15) is 0 Å². The van der Waals surface area contributed by atoms with Crippen molar-refractivity contribution in [3.8, 4) is 0 Å². The van der Waals surface area contributed by atoms with Crippen LogP contribution >= 0.6 is 0 Å². The maximum atomic E-state index is 10.5. The lowest BCUT2D eigenvalue weighted by Gasteiger charge is -2.03. The fourth-order valence-corrected chi connectivity index (χ4v) is 1.63. The second kappa shape index (κ2) is 5.42. The summed E-state index contributed by atoms with van der Waals surface area (Å²) < 4.78 is 0. The van der Waals surface area contributed by atoms with Crippen molar-refractivity contribution >= 4 is 5.69 Å². The Bertz CT molecular complexity index is 533. The SMILES string of the molecule is Cc1[nH]cnc1CNCc1ccc([N+](=O)[O-])cc1. The number of non-ortho nitro benzene ring substituents is 1. The molecule has 0 saturated heterocycles. The van der Waals surface area contributed by atoms with E-state index in [1.807, 2.05) is 6.92 Å². The first-order chi connectivity index (χ1) is 8.66. The molecule has 1 aromatic carbocycles. The van der Waals surface area contributed by atoms with Gasteiger partial charge in [0.1, 0.15) is 0 Å². The largest absolute Gasteiger partial charge is 0.348 e. The van der Waals surface area contributed by atoms with Gasteiger partial charge in [0.15, 0.2) is 0 Å². The number of aromatic nitrogens is 2. The molecule has 1 aromatic heterocycles. The van der Waals surface area contributed by atoms with Crippen molar-refractivity contribution in [2.45, 2.75) is 20.0 Å². The van der Waals surface area contributed by atoms with Crippen LogP contribution in [0.3, 0.4) is 0 Å². The van der Waals surface area contributed by atoms with Gasteiger partial charge in [-0.15, -0.1) is 0 Å². The molecule has 2 aromatic rings. The molecule has 0 spiro atoms. The van der Waals surface area contributed by atoms with E-state index in [1.54, 1.807) is 18.5 Å². The minimum Gasteiger partial charge on any atom is -0.348 e. The molecule has 0 aliphatic heterocycles. The Balaban J connectivity index is 1.87. The Morgan fingerprint density at radius 1 is 1.33 bits per heavy atom. The molecule has 0 aliphatic carbocycles. The smallest absolute Gasteiger partial charge is 0.269 e. The first-order valence-electron chi connectivity index (χ1n) is 5.59. The van der Waals surface area contributed by atoms with Crippen molar-refractivity contribution in [2.24, 2.45) is 0 Å². The zero-order chi connectivity index (χ0) is 13.0. The van der Waals surface area contributed by atoms with E-state index in [1.165, 1.54) is 12.1 Å². The minimum atomic E-state index is -0.399. The Morgan fingerprint density at radius 3 is 2.61 bits per heavy atom. The number of nitro benzene ring substituents is 1. The number of aryl methyl sites for hydroxylation is 1. The molecule has 0 radical (unpaired) electrons. The second-order valence-corrected chi connectivity index (χ2v) is 4.00.